The molecule has 0 unspecified atom stereocenters. The van der Waals surface area contributed by atoms with Crippen LogP contribution < -0.4 is 9.46 Å². The summed E-state index contributed by atoms with van der Waals surface area (Å²) < 4.78 is 39.8. The quantitative estimate of drug-likeness (QED) is 0.325. The highest BCUT2D eigenvalue weighted by Gasteiger charge is 2.26. The number of nitrogens with one attached hydrogen (secondary N) is 1. The lowest BCUT2D eigenvalue weighted by Crippen LogP contribution is -2.49. The number of hydrogen-bond donors (Lipinski definition) is 1. The van der Waals surface area contributed by atoms with Gasteiger partial charge >= 0.3 is 0 Å². The minimum absolute atomic E-state index is 0.0158. The number of piperazine rings is 1. The van der Waals surface area contributed by atoms with Crippen molar-refractivity contribution in [2.24, 2.45) is 0 Å². The van der Waals surface area contributed by atoms with Crippen LogP contribution in [0.3, 0.4) is 0 Å². The van der Waals surface area contributed by atoms with Gasteiger partial charge in [-0.15, -0.1) is 0 Å². The molecule has 1 fully saturated rings. The molecule has 0 atom stereocenters. The number of sulfonamides is 1. The summed E-state index contributed by atoms with van der Waals surface area (Å²) in [5.74, 6) is 0.619. The molecule has 3 aromatic carbocycles. The number of para-hydroxylation sites is 1. The molecule has 1 heterocycles. The van der Waals surface area contributed by atoms with Gasteiger partial charge in [0.2, 0.25) is 0 Å². The molecule has 4 rings (SSSR count). The minimum Gasteiger partial charge on any atom is -0.456 e. The number of ether oxygens (including phenoxy) is 2. The van der Waals surface area contributed by atoms with E-state index in [-0.39, 0.29) is 22.1 Å². The van der Waals surface area contributed by atoms with Crippen molar-refractivity contribution in [1.29, 1.82) is 0 Å². The Hall–Kier alpha value is -2.82. The highest BCUT2D eigenvalue weighted by atomic mass is 35.5. The third-order valence-electron chi connectivity index (χ3n) is 6.14. The highest BCUT2D eigenvalue weighted by molar-refractivity contribution is 7.92. The van der Waals surface area contributed by atoms with Crippen LogP contribution in [0.1, 0.15) is 16.8 Å². The van der Waals surface area contributed by atoms with Crippen molar-refractivity contribution in [3.63, 3.8) is 0 Å². The maximum Gasteiger partial charge on any atom is 0.261 e. The Kier molecular flexibility index (Phi) is 9.51. The van der Waals surface area contributed by atoms with Crippen molar-refractivity contribution in [3.8, 4) is 11.5 Å². The van der Waals surface area contributed by atoms with Gasteiger partial charge in [0.05, 0.1) is 21.2 Å². The van der Waals surface area contributed by atoms with Crippen molar-refractivity contribution in [2.75, 3.05) is 51.2 Å². The van der Waals surface area contributed by atoms with E-state index in [1.807, 2.05) is 0 Å². The molecule has 0 spiro atoms. The zero-order chi connectivity index (χ0) is 27.1. The van der Waals surface area contributed by atoms with Crippen LogP contribution in [0, 0.1) is 0 Å². The molecule has 0 bridgehead atoms. The first-order valence-corrected chi connectivity index (χ1v) is 14.4. The van der Waals surface area contributed by atoms with Gasteiger partial charge in [-0.25, -0.2) is 8.42 Å². The van der Waals surface area contributed by atoms with Gasteiger partial charge in [-0.1, -0.05) is 35.3 Å². The fourth-order valence-electron chi connectivity index (χ4n) is 4.10. The Bertz CT molecular complexity index is 1360. The summed E-state index contributed by atoms with van der Waals surface area (Å²) in [5.41, 5.74) is 0.367. The largest absolute Gasteiger partial charge is 0.456 e. The van der Waals surface area contributed by atoms with E-state index < -0.39 is 10.0 Å². The predicted octanol–water partition coefficient (Wildman–Crippen LogP) is 5.38. The number of hydrogen-bond acceptors (Lipinski definition) is 6. The molecule has 1 saturated heterocycles. The first kappa shape index (κ1) is 28.2. The van der Waals surface area contributed by atoms with Crippen LogP contribution in [-0.4, -0.2) is 70.6 Å². The molecular formula is C27H29Cl2N3O5S. The molecular weight excluding hydrogens is 549 g/mol. The summed E-state index contributed by atoms with van der Waals surface area (Å²) in [6.07, 6.45) is 0.928. The van der Waals surface area contributed by atoms with Gasteiger partial charge in [-0.3, -0.25) is 14.4 Å². The molecule has 1 N–H and O–H groups in total. The fourth-order valence-corrected chi connectivity index (χ4v) is 5.53. The summed E-state index contributed by atoms with van der Waals surface area (Å²) in [5, 5.41) is 0.786. The number of rotatable bonds is 10. The second kappa shape index (κ2) is 12.8. The van der Waals surface area contributed by atoms with Gasteiger partial charge in [0, 0.05) is 51.5 Å². The van der Waals surface area contributed by atoms with E-state index in [1.165, 1.54) is 36.4 Å². The van der Waals surface area contributed by atoms with Crippen LogP contribution in [-0.2, 0) is 14.8 Å². The Labute approximate surface area is 233 Å². The molecule has 3 aromatic rings. The maximum atomic E-state index is 13.4. The van der Waals surface area contributed by atoms with Crippen molar-refractivity contribution >= 4 is 44.8 Å². The van der Waals surface area contributed by atoms with Crippen molar-refractivity contribution in [1.82, 2.24) is 9.80 Å². The lowest BCUT2D eigenvalue weighted by atomic mass is 10.1. The smallest absolute Gasteiger partial charge is 0.261 e. The Morgan fingerprint density at radius 2 is 1.68 bits per heavy atom. The van der Waals surface area contributed by atoms with E-state index in [4.69, 9.17) is 32.7 Å². The fraction of sp³-hybridized carbons (Fsp3) is 0.296. The van der Waals surface area contributed by atoms with Crippen molar-refractivity contribution < 1.29 is 22.7 Å². The third-order valence-corrected chi connectivity index (χ3v) is 8.07. The number of benzene rings is 3. The highest BCUT2D eigenvalue weighted by Crippen LogP contribution is 2.30. The molecule has 1 aliphatic heterocycles. The lowest BCUT2D eigenvalue weighted by Gasteiger charge is -2.35. The molecule has 11 heteroatoms. The first-order valence-electron chi connectivity index (χ1n) is 12.1. The van der Waals surface area contributed by atoms with Gasteiger partial charge < -0.3 is 14.4 Å². The summed E-state index contributed by atoms with van der Waals surface area (Å²) in [7, 11) is -2.32. The monoisotopic (exact) mass is 577 g/mol. The normalized spacial score (nSPS) is 14.3. The van der Waals surface area contributed by atoms with Gasteiger partial charge in [0.1, 0.15) is 11.5 Å². The molecule has 0 aromatic heterocycles. The second-order valence-electron chi connectivity index (χ2n) is 8.78. The number of carbonyl (C=O) groups excluding carboxylic acids is 1. The molecule has 8 nitrogen and oxygen atoms in total. The van der Waals surface area contributed by atoms with E-state index in [0.29, 0.717) is 41.2 Å². The summed E-state index contributed by atoms with van der Waals surface area (Å²) in [4.78, 5) is 17.4. The molecule has 1 aliphatic rings. The number of anilines is 1. The predicted molar refractivity (Wildman–Crippen MR) is 149 cm³/mol. The zero-order valence-electron chi connectivity index (χ0n) is 20.9. The average molecular weight is 579 g/mol. The first-order chi connectivity index (χ1) is 18.3. The van der Waals surface area contributed by atoms with Crippen LogP contribution in [0.5, 0.6) is 11.5 Å². The summed E-state index contributed by atoms with van der Waals surface area (Å²) in [6.45, 7) is 4.15. The van der Waals surface area contributed by atoms with Gasteiger partial charge in [-0.05, 0) is 61.0 Å². The Balaban J connectivity index is 1.46. The third kappa shape index (κ3) is 7.18. The number of halogens is 2. The van der Waals surface area contributed by atoms with Crippen molar-refractivity contribution in [2.45, 2.75) is 11.3 Å². The molecule has 1 amide bonds. The minimum atomic E-state index is -4.00. The van der Waals surface area contributed by atoms with Gasteiger partial charge in [-0.2, -0.15) is 0 Å². The van der Waals surface area contributed by atoms with E-state index >= 15 is 0 Å². The SMILES string of the molecule is COCCCN1CCN(C(=O)c2cc(Cl)ccc2NS(=O)(=O)c2ccc(Oc3ccccc3Cl)cc2)CC1. The lowest BCUT2D eigenvalue weighted by molar-refractivity contribution is 0.0625. The number of amides is 1. The maximum absolute atomic E-state index is 13.4. The van der Waals surface area contributed by atoms with E-state index in [9.17, 15) is 13.2 Å². The van der Waals surface area contributed by atoms with Gasteiger partial charge in [0.15, 0.2) is 0 Å². The zero-order valence-corrected chi connectivity index (χ0v) is 23.2. The van der Waals surface area contributed by atoms with Crippen molar-refractivity contribution in [3.05, 3.63) is 82.3 Å². The molecule has 0 saturated carbocycles. The van der Waals surface area contributed by atoms with E-state index in [0.717, 1.165) is 26.1 Å². The van der Waals surface area contributed by atoms with Crippen LogP contribution >= 0.6 is 23.2 Å². The van der Waals surface area contributed by atoms with Crippen LogP contribution in [0.4, 0.5) is 5.69 Å². The molecule has 202 valence electrons. The molecule has 0 aliphatic carbocycles. The number of methoxy groups -OCH3 is 1. The number of carbonyl (C=O) groups is 1. The van der Waals surface area contributed by atoms with Crippen LogP contribution in [0.2, 0.25) is 10.0 Å². The number of nitrogens with zero attached hydrogens (tertiary/aromatic N) is 2. The molecule has 38 heavy (non-hydrogen) atoms. The van der Waals surface area contributed by atoms with Gasteiger partial charge in [0.25, 0.3) is 15.9 Å². The Morgan fingerprint density at radius 1 is 0.974 bits per heavy atom. The van der Waals surface area contributed by atoms with E-state index in [2.05, 4.69) is 9.62 Å². The van der Waals surface area contributed by atoms with Crippen LogP contribution in [0.15, 0.2) is 71.6 Å². The van der Waals surface area contributed by atoms with E-state index in [1.54, 1.807) is 42.3 Å². The van der Waals surface area contributed by atoms with Crippen LogP contribution in [0.25, 0.3) is 0 Å². The standard InChI is InChI=1S/C27H29Cl2N3O5S/c1-36-18-4-13-31-14-16-32(17-15-31)27(33)23-19-20(28)7-12-25(23)30-38(34,35)22-10-8-21(9-11-22)37-26-6-3-2-5-24(26)29/h2-3,5-12,19,30H,4,13-18H2,1H3. The Morgan fingerprint density at radius 3 is 2.37 bits per heavy atom. The topological polar surface area (TPSA) is 88.2 Å². The molecule has 0 radical (unpaired) electrons. The average Bonchev–Trinajstić information content (AvgIpc) is 2.91. The second-order valence-corrected chi connectivity index (χ2v) is 11.3. The summed E-state index contributed by atoms with van der Waals surface area (Å²) in [6, 6.07) is 17.5. The summed E-state index contributed by atoms with van der Waals surface area (Å²) >= 11 is 12.3.